The summed E-state index contributed by atoms with van der Waals surface area (Å²) in [4.78, 5) is 0.0629. The molecule has 34 heavy (non-hydrogen) atoms. The van der Waals surface area contributed by atoms with E-state index < -0.39 is 26.1 Å². The largest absolute Gasteiger partial charge is 0.284 e. The van der Waals surface area contributed by atoms with Crippen molar-refractivity contribution in [2.45, 2.75) is 31.2 Å². The van der Waals surface area contributed by atoms with Gasteiger partial charge in [-0.2, -0.15) is 17.9 Å². The maximum absolute atomic E-state index is 13.6. The van der Waals surface area contributed by atoms with Gasteiger partial charge in [0.2, 0.25) is 10.0 Å². The number of halogens is 1. The van der Waals surface area contributed by atoms with Crippen LogP contribution >= 0.6 is 11.6 Å². The van der Waals surface area contributed by atoms with Crippen molar-refractivity contribution in [2.24, 2.45) is 5.10 Å². The second-order valence-corrected chi connectivity index (χ2v) is 12.2. The van der Waals surface area contributed by atoms with Crippen LogP contribution in [-0.2, 0) is 20.0 Å². The number of sulfonamides is 2. The van der Waals surface area contributed by atoms with Crippen molar-refractivity contribution in [3.05, 3.63) is 94.5 Å². The number of rotatable bonds is 7. The summed E-state index contributed by atoms with van der Waals surface area (Å²) < 4.78 is 54.5. The third kappa shape index (κ3) is 4.96. The molecular weight excluding hydrogens is 494 g/mol. The van der Waals surface area contributed by atoms with E-state index in [1.807, 2.05) is 31.2 Å². The Morgan fingerprint density at radius 3 is 2.35 bits per heavy atom. The first-order valence-corrected chi connectivity index (χ1v) is 14.1. The molecule has 0 saturated carbocycles. The first-order chi connectivity index (χ1) is 16.1. The topological polar surface area (TPSA) is 95.9 Å². The van der Waals surface area contributed by atoms with E-state index >= 15 is 0 Å². The van der Waals surface area contributed by atoms with Crippen molar-refractivity contribution in [3.63, 3.8) is 0 Å². The molecule has 1 aliphatic heterocycles. The van der Waals surface area contributed by atoms with Crippen LogP contribution in [0.1, 0.15) is 36.1 Å². The molecule has 1 unspecified atom stereocenters. The summed E-state index contributed by atoms with van der Waals surface area (Å²) in [6.07, 6.45) is 0.366. The lowest BCUT2D eigenvalue weighted by molar-refractivity contribution is 0.370. The molecule has 10 heteroatoms. The summed E-state index contributed by atoms with van der Waals surface area (Å²) in [5.41, 5.74) is 3.55. The second-order valence-electron chi connectivity index (χ2n) is 7.94. The second kappa shape index (κ2) is 9.40. The first-order valence-electron chi connectivity index (χ1n) is 10.6. The lowest BCUT2D eigenvalue weighted by Crippen LogP contribution is -2.27. The first kappa shape index (κ1) is 24.3. The molecule has 0 bridgehead atoms. The minimum atomic E-state index is -3.98. The van der Waals surface area contributed by atoms with Crippen molar-refractivity contribution in [1.29, 1.82) is 0 Å². The Kier molecular flexibility index (Phi) is 6.71. The fourth-order valence-electron chi connectivity index (χ4n) is 3.80. The molecule has 0 aromatic heterocycles. The molecule has 178 valence electrons. The molecule has 3 aromatic carbocycles. The van der Waals surface area contributed by atoms with Gasteiger partial charge in [0.15, 0.2) is 0 Å². The van der Waals surface area contributed by atoms with E-state index in [4.69, 9.17) is 11.6 Å². The Hall–Kier alpha value is -2.88. The molecule has 4 rings (SSSR count). The summed E-state index contributed by atoms with van der Waals surface area (Å²) in [6.45, 7) is 3.50. The third-order valence-corrected chi connectivity index (χ3v) is 8.85. The van der Waals surface area contributed by atoms with E-state index in [2.05, 4.69) is 9.82 Å². The van der Waals surface area contributed by atoms with Crippen LogP contribution in [0.5, 0.6) is 0 Å². The fourth-order valence-corrected chi connectivity index (χ4v) is 6.16. The van der Waals surface area contributed by atoms with Gasteiger partial charge in [-0.05, 0) is 60.9 Å². The molecule has 0 radical (unpaired) electrons. The van der Waals surface area contributed by atoms with Gasteiger partial charge in [-0.3, -0.25) is 4.72 Å². The summed E-state index contributed by atoms with van der Waals surface area (Å²) in [6, 6.07) is 20.0. The number of nitrogens with one attached hydrogen (secondary N) is 1. The van der Waals surface area contributed by atoms with Gasteiger partial charge in [0.25, 0.3) is 10.0 Å². The third-order valence-electron chi connectivity index (χ3n) is 5.63. The van der Waals surface area contributed by atoms with Crippen LogP contribution in [0.2, 0.25) is 5.02 Å². The van der Waals surface area contributed by atoms with Gasteiger partial charge in [-0.15, -0.1) is 0 Å². The van der Waals surface area contributed by atoms with Crippen LogP contribution in [0, 0.1) is 6.92 Å². The van der Waals surface area contributed by atoms with Crippen LogP contribution in [0.3, 0.4) is 0 Å². The van der Waals surface area contributed by atoms with Crippen molar-refractivity contribution in [1.82, 2.24) is 4.41 Å². The summed E-state index contributed by atoms with van der Waals surface area (Å²) in [5, 5.41) is 4.86. The summed E-state index contributed by atoms with van der Waals surface area (Å²) >= 11 is 6.06. The zero-order valence-electron chi connectivity index (χ0n) is 18.6. The van der Waals surface area contributed by atoms with Crippen molar-refractivity contribution < 1.29 is 16.8 Å². The molecule has 0 fully saturated rings. The van der Waals surface area contributed by atoms with Crippen molar-refractivity contribution in [3.8, 4) is 0 Å². The van der Waals surface area contributed by atoms with Crippen molar-refractivity contribution in [2.75, 3.05) is 10.5 Å². The molecule has 3 aromatic rings. The van der Waals surface area contributed by atoms with E-state index in [9.17, 15) is 16.8 Å². The minimum absolute atomic E-state index is 0.0319. The van der Waals surface area contributed by atoms with Gasteiger partial charge in [0.1, 0.15) is 0 Å². The maximum Gasteiger partial charge on any atom is 0.279 e. The highest BCUT2D eigenvalue weighted by molar-refractivity contribution is 7.92. The van der Waals surface area contributed by atoms with E-state index in [1.54, 1.807) is 43.3 Å². The van der Waals surface area contributed by atoms with Crippen LogP contribution in [0.25, 0.3) is 0 Å². The zero-order chi connectivity index (χ0) is 24.5. The van der Waals surface area contributed by atoms with Crippen LogP contribution in [0.15, 0.2) is 82.8 Å². The number of hydrogen-bond acceptors (Lipinski definition) is 5. The molecular formula is C24H24ClN3O4S2. The highest BCUT2D eigenvalue weighted by atomic mass is 35.5. The monoisotopic (exact) mass is 517 g/mol. The highest BCUT2D eigenvalue weighted by Crippen LogP contribution is 2.38. The van der Waals surface area contributed by atoms with E-state index in [0.29, 0.717) is 28.4 Å². The SMILES string of the molecule is CCS(=O)(=O)Nc1ccc(C2=NN(S(=O)(=O)c3cccc(Cl)c3)C(c3ccccc3C)C2)cc1. The average molecular weight is 518 g/mol. The molecule has 0 saturated heterocycles. The molecule has 0 aliphatic carbocycles. The van der Waals surface area contributed by atoms with E-state index in [1.165, 1.54) is 12.1 Å². The number of nitrogens with zero attached hydrogens (tertiary/aromatic N) is 2. The van der Waals surface area contributed by atoms with E-state index in [0.717, 1.165) is 15.5 Å². The Labute approximate surface area is 205 Å². The molecule has 1 N–H and O–H groups in total. The Morgan fingerprint density at radius 2 is 1.71 bits per heavy atom. The standard InChI is InChI=1S/C24H24ClN3O4S2/c1-3-33(29,30)27-20-13-11-18(12-14-20)23-16-24(22-10-5-4-7-17(22)2)28(26-23)34(31,32)21-9-6-8-19(25)15-21/h4-15,24,27H,3,16H2,1-2H3. The van der Waals surface area contributed by atoms with E-state index in [-0.39, 0.29) is 10.6 Å². The lowest BCUT2D eigenvalue weighted by atomic mass is 9.96. The van der Waals surface area contributed by atoms with Crippen LogP contribution in [-0.4, -0.2) is 32.7 Å². The van der Waals surface area contributed by atoms with Crippen LogP contribution in [0.4, 0.5) is 5.69 Å². The zero-order valence-corrected chi connectivity index (χ0v) is 21.0. The van der Waals surface area contributed by atoms with Crippen LogP contribution < -0.4 is 4.72 Å². The maximum atomic E-state index is 13.6. The number of aryl methyl sites for hydroxylation is 1. The Balaban J connectivity index is 1.74. The molecule has 0 amide bonds. The Morgan fingerprint density at radius 1 is 1.00 bits per heavy atom. The van der Waals surface area contributed by atoms with Crippen molar-refractivity contribution >= 4 is 43.0 Å². The number of hydrazone groups is 1. The highest BCUT2D eigenvalue weighted by Gasteiger charge is 2.38. The number of benzene rings is 3. The predicted octanol–water partition coefficient (Wildman–Crippen LogP) is 4.95. The number of anilines is 1. The summed E-state index contributed by atoms with van der Waals surface area (Å²) in [5.74, 6) is -0.0319. The van der Waals surface area contributed by atoms with Gasteiger partial charge in [-0.1, -0.05) is 54.1 Å². The molecule has 1 aliphatic rings. The smallest absolute Gasteiger partial charge is 0.279 e. The summed E-state index contributed by atoms with van der Waals surface area (Å²) in [7, 11) is -7.38. The quantitative estimate of drug-likeness (QED) is 0.479. The molecule has 1 heterocycles. The molecule has 0 spiro atoms. The fraction of sp³-hybridized carbons (Fsp3) is 0.208. The lowest BCUT2D eigenvalue weighted by Gasteiger charge is -2.24. The minimum Gasteiger partial charge on any atom is -0.284 e. The van der Waals surface area contributed by atoms with Gasteiger partial charge in [0, 0.05) is 17.1 Å². The van der Waals surface area contributed by atoms with Gasteiger partial charge in [-0.25, -0.2) is 8.42 Å². The average Bonchev–Trinajstić information content (AvgIpc) is 3.26. The number of hydrogen-bond donors (Lipinski definition) is 1. The predicted molar refractivity (Wildman–Crippen MR) is 135 cm³/mol. The molecule has 7 nitrogen and oxygen atoms in total. The Bertz CT molecular complexity index is 1450. The molecule has 1 atom stereocenters. The van der Waals surface area contributed by atoms with Gasteiger partial charge in [0.05, 0.1) is 22.4 Å². The van der Waals surface area contributed by atoms with Gasteiger partial charge >= 0.3 is 0 Å². The van der Waals surface area contributed by atoms with Gasteiger partial charge < -0.3 is 0 Å². The normalized spacial score (nSPS) is 16.4.